The number of nitrogens with one attached hydrogen (secondary N) is 1. The zero-order valence-corrected chi connectivity index (χ0v) is 12.4. The maximum atomic E-state index is 14.4. The van der Waals surface area contributed by atoms with E-state index in [-0.39, 0.29) is 22.9 Å². The van der Waals surface area contributed by atoms with Gasteiger partial charge in [-0.05, 0) is 12.1 Å². The van der Waals surface area contributed by atoms with Gasteiger partial charge in [0.25, 0.3) is 0 Å². The molecule has 1 aliphatic heterocycles. The Morgan fingerprint density at radius 1 is 1.17 bits per heavy atom. The molecular weight excluding hydrogens is 299 g/mol. The van der Waals surface area contributed by atoms with Crippen LogP contribution in [0.2, 0.25) is 0 Å². The average molecular weight is 316 g/mol. The number of ether oxygens (including phenoxy) is 1. The molecule has 0 amide bonds. The van der Waals surface area contributed by atoms with E-state index in [0.717, 1.165) is 0 Å². The fraction of sp³-hybridized carbons (Fsp3) is 0.267. The predicted molar refractivity (Wildman–Crippen MR) is 86.2 cm³/mol. The Kier molecular flexibility index (Phi) is 4.07. The minimum atomic E-state index is -0.400. The standard InChI is InChI=1S/C15H17FN6O/c16-10-7-9(1-2-11(10)22-3-5-23-6-4-22)13(17)12-14(18)20-8-21-15(12)19/h1-2,7-8,17H,3-6H2,(H4,18,19,20,21). The third kappa shape index (κ3) is 2.93. The first-order valence-electron chi connectivity index (χ1n) is 7.15. The molecule has 0 radical (unpaired) electrons. The monoisotopic (exact) mass is 316 g/mol. The second-order valence-corrected chi connectivity index (χ2v) is 5.16. The summed E-state index contributed by atoms with van der Waals surface area (Å²) in [6.45, 7) is 2.43. The van der Waals surface area contributed by atoms with Crippen LogP contribution in [0.15, 0.2) is 24.5 Å². The first-order chi connectivity index (χ1) is 11.1. The van der Waals surface area contributed by atoms with E-state index < -0.39 is 5.82 Å². The van der Waals surface area contributed by atoms with Gasteiger partial charge in [0.05, 0.1) is 30.2 Å². The van der Waals surface area contributed by atoms with Crippen LogP contribution in [-0.2, 0) is 4.74 Å². The smallest absolute Gasteiger partial charge is 0.147 e. The van der Waals surface area contributed by atoms with Gasteiger partial charge in [-0.1, -0.05) is 6.07 Å². The molecule has 2 heterocycles. The molecule has 1 aliphatic rings. The third-order valence-corrected chi connectivity index (χ3v) is 3.74. The maximum absolute atomic E-state index is 14.4. The highest BCUT2D eigenvalue weighted by atomic mass is 19.1. The summed E-state index contributed by atoms with van der Waals surface area (Å²) < 4.78 is 19.7. The third-order valence-electron chi connectivity index (χ3n) is 3.74. The number of rotatable bonds is 3. The van der Waals surface area contributed by atoms with Crippen molar-refractivity contribution < 1.29 is 9.13 Å². The van der Waals surface area contributed by atoms with Crippen LogP contribution in [0, 0.1) is 11.2 Å². The molecule has 8 heteroatoms. The molecule has 0 aliphatic carbocycles. The number of aromatic nitrogens is 2. The highest BCUT2D eigenvalue weighted by Crippen LogP contribution is 2.25. The topological polar surface area (TPSA) is 114 Å². The minimum absolute atomic E-state index is 0.00646. The van der Waals surface area contributed by atoms with Gasteiger partial charge in [-0.2, -0.15) is 0 Å². The molecule has 1 fully saturated rings. The van der Waals surface area contributed by atoms with Crippen LogP contribution in [0.4, 0.5) is 21.7 Å². The van der Waals surface area contributed by atoms with Crippen molar-refractivity contribution in [1.29, 1.82) is 5.41 Å². The molecule has 5 N–H and O–H groups in total. The van der Waals surface area contributed by atoms with Gasteiger partial charge in [0.15, 0.2) is 0 Å². The average Bonchev–Trinajstić information content (AvgIpc) is 2.55. The molecule has 0 atom stereocenters. The highest BCUT2D eigenvalue weighted by Gasteiger charge is 2.18. The second kappa shape index (κ2) is 6.17. The summed E-state index contributed by atoms with van der Waals surface area (Å²) in [5, 5.41) is 8.22. The SMILES string of the molecule is N=C(c1ccc(N2CCOCC2)c(F)c1)c1c(N)ncnc1N. The minimum Gasteiger partial charge on any atom is -0.383 e. The Morgan fingerprint density at radius 2 is 1.83 bits per heavy atom. The highest BCUT2D eigenvalue weighted by molar-refractivity contribution is 6.16. The fourth-order valence-electron chi connectivity index (χ4n) is 2.54. The molecule has 0 bridgehead atoms. The van der Waals surface area contributed by atoms with Gasteiger partial charge in [0, 0.05) is 18.7 Å². The second-order valence-electron chi connectivity index (χ2n) is 5.16. The van der Waals surface area contributed by atoms with Crippen LogP contribution < -0.4 is 16.4 Å². The van der Waals surface area contributed by atoms with Crippen molar-refractivity contribution in [3.8, 4) is 0 Å². The summed E-state index contributed by atoms with van der Waals surface area (Å²) in [5.41, 5.74) is 12.6. The summed E-state index contributed by atoms with van der Waals surface area (Å²) in [6.07, 6.45) is 1.23. The van der Waals surface area contributed by atoms with E-state index in [9.17, 15) is 4.39 Å². The number of nitrogen functional groups attached to an aromatic ring is 2. The van der Waals surface area contributed by atoms with Gasteiger partial charge in [0.2, 0.25) is 0 Å². The van der Waals surface area contributed by atoms with Crippen molar-refractivity contribution in [2.24, 2.45) is 0 Å². The number of anilines is 3. The Balaban J connectivity index is 1.92. The summed E-state index contributed by atoms with van der Waals surface area (Å²) in [7, 11) is 0. The van der Waals surface area contributed by atoms with Crippen molar-refractivity contribution in [1.82, 2.24) is 9.97 Å². The molecule has 3 rings (SSSR count). The zero-order chi connectivity index (χ0) is 16.4. The summed E-state index contributed by atoms with van der Waals surface area (Å²) >= 11 is 0. The van der Waals surface area contributed by atoms with Gasteiger partial charge < -0.3 is 21.1 Å². The Bertz CT molecular complexity index is 724. The van der Waals surface area contributed by atoms with E-state index in [1.54, 1.807) is 12.1 Å². The van der Waals surface area contributed by atoms with Gasteiger partial charge in [0.1, 0.15) is 23.8 Å². The van der Waals surface area contributed by atoms with Gasteiger partial charge in [-0.25, -0.2) is 14.4 Å². The van der Waals surface area contributed by atoms with E-state index in [0.29, 0.717) is 37.6 Å². The number of halogens is 1. The zero-order valence-electron chi connectivity index (χ0n) is 12.4. The molecular formula is C15H17FN6O. The van der Waals surface area contributed by atoms with Gasteiger partial charge in [-0.3, -0.25) is 5.41 Å². The van der Waals surface area contributed by atoms with Crippen LogP contribution in [0.3, 0.4) is 0 Å². The van der Waals surface area contributed by atoms with E-state index in [4.69, 9.17) is 21.6 Å². The number of hydrogen-bond donors (Lipinski definition) is 3. The molecule has 120 valence electrons. The molecule has 0 unspecified atom stereocenters. The van der Waals surface area contributed by atoms with Crippen LogP contribution in [0.25, 0.3) is 0 Å². The lowest BCUT2D eigenvalue weighted by molar-refractivity contribution is 0.122. The quantitative estimate of drug-likeness (QED) is 0.729. The van der Waals surface area contributed by atoms with Crippen molar-refractivity contribution in [3.05, 3.63) is 41.5 Å². The number of hydrogen-bond acceptors (Lipinski definition) is 7. The van der Waals surface area contributed by atoms with Crippen LogP contribution in [-0.4, -0.2) is 42.0 Å². The van der Waals surface area contributed by atoms with Crippen LogP contribution >= 0.6 is 0 Å². The molecule has 0 spiro atoms. The summed E-state index contributed by atoms with van der Waals surface area (Å²) in [6, 6.07) is 4.63. The van der Waals surface area contributed by atoms with Crippen molar-refractivity contribution in [3.63, 3.8) is 0 Å². The Hall–Kier alpha value is -2.74. The molecule has 7 nitrogen and oxygen atoms in total. The lowest BCUT2D eigenvalue weighted by Gasteiger charge is -2.29. The van der Waals surface area contributed by atoms with Crippen molar-refractivity contribution in [2.75, 3.05) is 42.7 Å². The van der Waals surface area contributed by atoms with E-state index >= 15 is 0 Å². The Labute approximate surface area is 132 Å². The number of benzene rings is 1. The van der Waals surface area contributed by atoms with E-state index in [1.165, 1.54) is 12.4 Å². The van der Waals surface area contributed by atoms with Gasteiger partial charge >= 0.3 is 0 Å². The normalized spacial score (nSPS) is 14.7. The molecule has 1 aromatic carbocycles. The number of nitrogens with zero attached hydrogens (tertiary/aromatic N) is 3. The molecule has 1 aromatic heterocycles. The van der Waals surface area contributed by atoms with E-state index in [2.05, 4.69) is 9.97 Å². The van der Waals surface area contributed by atoms with Crippen molar-refractivity contribution >= 4 is 23.0 Å². The molecule has 0 saturated carbocycles. The largest absolute Gasteiger partial charge is 0.383 e. The van der Waals surface area contributed by atoms with Crippen LogP contribution in [0.5, 0.6) is 0 Å². The van der Waals surface area contributed by atoms with Gasteiger partial charge in [-0.15, -0.1) is 0 Å². The maximum Gasteiger partial charge on any atom is 0.147 e. The predicted octanol–water partition coefficient (Wildman–Crippen LogP) is 1.03. The van der Waals surface area contributed by atoms with E-state index in [1.807, 2.05) is 4.90 Å². The number of nitrogens with two attached hydrogens (primary N) is 2. The van der Waals surface area contributed by atoms with Crippen LogP contribution in [0.1, 0.15) is 11.1 Å². The number of morpholine rings is 1. The Morgan fingerprint density at radius 3 is 2.43 bits per heavy atom. The lowest BCUT2D eigenvalue weighted by atomic mass is 10.0. The van der Waals surface area contributed by atoms with Crippen molar-refractivity contribution in [2.45, 2.75) is 0 Å². The first-order valence-corrected chi connectivity index (χ1v) is 7.15. The summed E-state index contributed by atoms with van der Waals surface area (Å²) in [5.74, 6) is -0.205. The molecule has 23 heavy (non-hydrogen) atoms. The molecule has 1 saturated heterocycles. The molecule has 2 aromatic rings. The summed E-state index contributed by atoms with van der Waals surface area (Å²) in [4.78, 5) is 9.58. The lowest BCUT2D eigenvalue weighted by Crippen LogP contribution is -2.36. The first kappa shape index (κ1) is 15.2. The fourth-order valence-corrected chi connectivity index (χ4v) is 2.54.